The number of esters is 1. The second kappa shape index (κ2) is 6.56. The summed E-state index contributed by atoms with van der Waals surface area (Å²) in [6.07, 6.45) is -0.152. The summed E-state index contributed by atoms with van der Waals surface area (Å²) >= 11 is 0. The highest BCUT2D eigenvalue weighted by Gasteiger charge is 2.51. The lowest BCUT2D eigenvalue weighted by Crippen LogP contribution is -2.53. The molecular weight excluding hydrogens is 272 g/mol. The second-order valence-corrected chi connectivity index (χ2v) is 5.81. The minimum atomic E-state index is -1.11. The van der Waals surface area contributed by atoms with E-state index in [1.165, 1.54) is 7.11 Å². The third-order valence-corrected chi connectivity index (χ3v) is 4.44. The minimum absolute atomic E-state index is 0.0133. The average molecular weight is 296 g/mol. The van der Waals surface area contributed by atoms with Crippen LogP contribution in [0.1, 0.15) is 13.3 Å². The maximum Gasteiger partial charge on any atom is 0.333 e. The lowest BCUT2D eigenvalue weighted by atomic mass is 9.58. The highest BCUT2D eigenvalue weighted by Crippen LogP contribution is 2.49. The minimum Gasteiger partial charge on any atom is -0.466 e. The molecule has 0 saturated heterocycles. The monoisotopic (exact) mass is 296 g/mol. The molecule has 0 heterocycles. The Bertz CT molecular complexity index is 456. The molecule has 5 atom stereocenters. The second-order valence-electron chi connectivity index (χ2n) is 5.81. The van der Waals surface area contributed by atoms with Gasteiger partial charge in [-0.3, -0.25) is 0 Å². The zero-order valence-corrected chi connectivity index (χ0v) is 12.6. The Morgan fingerprint density at radius 3 is 2.43 bits per heavy atom. The zero-order chi connectivity index (χ0) is 16.4. The molecule has 0 bridgehead atoms. The van der Waals surface area contributed by atoms with E-state index in [0.717, 1.165) is 0 Å². The molecule has 0 radical (unpaired) electrons. The van der Waals surface area contributed by atoms with Gasteiger partial charge in [0.1, 0.15) is 0 Å². The summed E-state index contributed by atoms with van der Waals surface area (Å²) in [6, 6.07) is 0. The van der Waals surface area contributed by atoms with Crippen molar-refractivity contribution in [1.29, 1.82) is 0 Å². The molecule has 5 heteroatoms. The van der Waals surface area contributed by atoms with Gasteiger partial charge in [0.2, 0.25) is 0 Å². The fraction of sp³-hybridized carbons (Fsp3) is 0.562. The number of ether oxygens (including phenoxy) is 1. The molecule has 0 amide bonds. The Morgan fingerprint density at radius 2 is 2.00 bits per heavy atom. The number of carbonyl (C=O) groups excluding carboxylic acids is 1. The number of methoxy groups -OCH3 is 1. The summed E-state index contributed by atoms with van der Waals surface area (Å²) in [5.41, 5.74) is -0.190. The first kappa shape index (κ1) is 17.6. The number of aliphatic hydroxyl groups is 3. The Balaban J connectivity index is 3.22. The molecule has 5 nitrogen and oxygen atoms in total. The normalized spacial score (nSPS) is 35.9. The van der Waals surface area contributed by atoms with Crippen LogP contribution in [0.4, 0.5) is 0 Å². The van der Waals surface area contributed by atoms with Crippen LogP contribution < -0.4 is 0 Å². The van der Waals surface area contributed by atoms with Gasteiger partial charge in [0, 0.05) is 17.4 Å². The quantitative estimate of drug-likeness (QED) is 0.397. The zero-order valence-electron chi connectivity index (χ0n) is 12.6. The van der Waals surface area contributed by atoms with Gasteiger partial charge in [-0.2, -0.15) is 0 Å². The first-order valence-corrected chi connectivity index (χ1v) is 6.78. The summed E-state index contributed by atoms with van der Waals surface area (Å²) < 4.78 is 4.61. The largest absolute Gasteiger partial charge is 0.466 e. The standard InChI is InChI=1S/C16H24O5/c1-6-16(4)7-11(18)12(10(3)15(20)21-5)14(19)13(16)9(2)8-17/h6,11-14,17-19H,1-3,7-8H2,4-5H3/t11-,12+,13+,14+,16+/m1/s1. The number of allylic oxidation sites excluding steroid dienone is 1. The van der Waals surface area contributed by atoms with Gasteiger partial charge in [0.15, 0.2) is 0 Å². The van der Waals surface area contributed by atoms with Crippen LogP contribution in [-0.4, -0.2) is 47.2 Å². The summed E-state index contributed by atoms with van der Waals surface area (Å²) in [5.74, 6) is -2.07. The maximum atomic E-state index is 11.6. The first-order valence-electron chi connectivity index (χ1n) is 6.78. The van der Waals surface area contributed by atoms with Crippen molar-refractivity contribution in [2.45, 2.75) is 25.6 Å². The van der Waals surface area contributed by atoms with Crippen LogP contribution in [0.25, 0.3) is 0 Å². The van der Waals surface area contributed by atoms with Gasteiger partial charge in [-0.25, -0.2) is 4.79 Å². The molecule has 0 unspecified atom stereocenters. The fourth-order valence-electron chi connectivity index (χ4n) is 3.25. The molecule has 0 aromatic rings. The molecule has 118 valence electrons. The van der Waals surface area contributed by atoms with Crippen molar-refractivity contribution in [1.82, 2.24) is 0 Å². The molecule has 1 rings (SSSR count). The molecule has 1 aliphatic carbocycles. The molecule has 21 heavy (non-hydrogen) atoms. The molecular formula is C16H24O5. The smallest absolute Gasteiger partial charge is 0.333 e. The Hall–Kier alpha value is -1.43. The Morgan fingerprint density at radius 1 is 1.43 bits per heavy atom. The number of hydrogen-bond donors (Lipinski definition) is 3. The van der Waals surface area contributed by atoms with E-state index in [1.54, 1.807) is 6.08 Å². The predicted octanol–water partition coefficient (Wildman–Crippen LogP) is 0.814. The fourth-order valence-corrected chi connectivity index (χ4v) is 3.25. The summed E-state index contributed by atoms with van der Waals surface area (Å²) in [5, 5.41) is 30.3. The van der Waals surface area contributed by atoms with E-state index in [9.17, 15) is 20.1 Å². The van der Waals surface area contributed by atoms with Crippen molar-refractivity contribution < 1.29 is 24.9 Å². The molecule has 0 aliphatic heterocycles. The number of hydrogen-bond acceptors (Lipinski definition) is 5. The molecule has 1 aliphatic rings. The van der Waals surface area contributed by atoms with Crippen molar-refractivity contribution in [2.75, 3.05) is 13.7 Å². The Kier molecular flexibility index (Phi) is 5.50. The van der Waals surface area contributed by atoms with E-state index >= 15 is 0 Å². The lowest BCUT2D eigenvalue weighted by Gasteiger charge is -2.49. The van der Waals surface area contributed by atoms with Crippen molar-refractivity contribution in [2.24, 2.45) is 17.3 Å². The van der Waals surface area contributed by atoms with Crippen LogP contribution in [0.15, 0.2) is 37.0 Å². The summed E-state index contributed by atoms with van der Waals surface area (Å²) in [4.78, 5) is 11.6. The van der Waals surface area contributed by atoms with Crippen molar-refractivity contribution in [3.63, 3.8) is 0 Å². The van der Waals surface area contributed by atoms with Gasteiger partial charge in [0.25, 0.3) is 0 Å². The molecule has 3 N–H and O–H groups in total. The van der Waals surface area contributed by atoms with Crippen molar-refractivity contribution in [3.8, 4) is 0 Å². The van der Waals surface area contributed by atoms with Crippen LogP contribution in [0.5, 0.6) is 0 Å². The lowest BCUT2D eigenvalue weighted by molar-refractivity contribution is -0.140. The van der Waals surface area contributed by atoms with E-state index in [-0.39, 0.29) is 18.6 Å². The van der Waals surface area contributed by atoms with Crippen molar-refractivity contribution >= 4 is 5.97 Å². The van der Waals surface area contributed by atoms with Crippen molar-refractivity contribution in [3.05, 3.63) is 37.0 Å². The van der Waals surface area contributed by atoms with Crippen LogP contribution in [0, 0.1) is 17.3 Å². The van der Waals surface area contributed by atoms with Gasteiger partial charge >= 0.3 is 5.97 Å². The molecule has 0 spiro atoms. The number of rotatable bonds is 5. The molecule has 1 fully saturated rings. The van der Waals surface area contributed by atoms with Crippen LogP contribution in [0.3, 0.4) is 0 Å². The van der Waals surface area contributed by atoms with E-state index in [1.807, 2.05) is 6.92 Å². The van der Waals surface area contributed by atoms with Crippen LogP contribution in [-0.2, 0) is 9.53 Å². The third kappa shape index (κ3) is 3.10. The van der Waals surface area contributed by atoms with Gasteiger partial charge in [-0.05, 0) is 17.4 Å². The maximum absolute atomic E-state index is 11.6. The molecule has 0 aromatic heterocycles. The van der Waals surface area contributed by atoms with E-state index in [4.69, 9.17) is 0 Å². The van der Waals surface area contributed by atoms with E-state index in [2.05, 4.69) is 24.5 Å². The summed E-state index contributed by atoms with van der Waals surface area (Å²) in [7, 11) is 1.22. The average Bonchev–Trinajstić information content (AvgIpc) is 2.45. The number of carbonyl (C=O) groups is 1. The SMILES string of the molecule is C=C[C@@]1(C)C[C@@H](O)[C@H](C(=C)C(=O)OC)[C@H](O)[C@@H]1C(=C)CO. The first-order chi connectivity index (χ1) is 9.73. The van der Waals surface area contributed by atoms with E-state index < -0.39 is 35.4 Å². The highest BCUT2D eigenvalue weighted by molar-refractivity contribution is 5.88. The van der Waals surface area contributed by atoms with Gasteiger partial charge < -0.3 is 20.1 Å². The summed E-state index contributed by atoms with van der Waals surface area (Å²) in [6.45, 7) is 12.7. The van der Waals surface area contributed by atoms with Gasteiger partial charge in [0.05, 0.1) is 25.9 Å². The topological polar surface area (TPSA) is 87.0 Å². The van der Waals surface area contributed by atoms with Gasteiger partial charge in [-0.1, -0.05) is 26.2 Å². The third-order valence-electron chi connectivity index (χ3n) is 4.44. The Labute approximate surface area is 125 Å². The predicted molar refractivity (Wildman–Crippen MR) is 79.3 cm³/mol. The number of aliphatic hydroxyl groups excluding tert-OH is 3. The van der Waals surface area contributed by atoms with Crippen LogP contribution in [0.2, 0.25) is 0 Å². The van der Waals surface area contributed by atoms with Gasteiger partial charge in [-0.15, -0.1) is 6.58 Å². The van der Waals surface area contributed by atoms with E-state index in [0.29, 0.717) is 5.57 Å². The van der Waals surface area contributed by atoms with Crippen LogP contribution >= 0.6 is 0 Å². The molecule has 1 saturated carbocycles. The molecule has 0 aromatic carbocycles. The highest BCUT2D eigenvalue weighted by atomic mass is 16.5.